The number of rotatable bonds is 6. The number of hydrogen-bond acceptors (Lipinski definition) is 3. The van der Waals surface area contributed by atoms with Gasteiger partial charge in [0.05, 0.1) is 0 Å². The molecule has 0 bridgehead atoms. The summed E-state index contributed by atoms with van der Waals surface area (Å²) in [4.78, 5) is 10.3. The highest BCUT2D eigenvalue weighted by Gasteiger charge is 2.19. The molecular weight excluding hydrogens is 321 g/mol. The molecule has 0 aliphatic rings. The third kappa shape index (κ3) is 3.74. The van der Waals surface area contributed by atoms with Crippen LogP contribution in [-0.4, -0.2) is 24.1 Å². The lowest BCUT2D eigenvalue weighted by molar-refractivity contribution is -0.137. The number of aryl methyl sites for hydroxylation is 1. The summed E-state index contributed by atoms with van der Waals surface area (Å²) in [5.41, 5.74) is 0.547. The Bertz CT molecular complexity index is 785. The molecule has 0 aliphatic heterocycles. The number of aromatic nitrogens is 1. The average Bonchev–Trinajstić information content (AvgIpc) is 2.72. The van der Waals surface area contributed by atoms with Gasteiger partial charge in [0, 0.05) is 40.7 Å². The first-order valence-electron chi connectivity index (χ1n) is 6.24. The zero-order valence-electron chi connectivity index (χ0n) is 10.9. The number of carboxylic acids is 1. The first-order chi connectivity index (χ1) is 9.79. The van der Waals surface area contributed by atoms with Crippen LogP contribution in [0.4, 0.5) is 4.39 Å². The van der Waals surface area contributed by atoms with Crippen LogP contribution in [0.5, 0.6) is 0 Å². The molecule has 0 fully saturated rings. The van der Waals surface area contributed by atoms with Crippen molar-refractivity contribution in [1.82, 2.24) is 4.57 Å². The van der Waals surface area contributed by atoms with Crippen LogP contribution in [0.3, 0.4) is 0 Å². The number of nitrogens with zero attached hydrogens (tertiary/aromatic N) is 1. The summed E-state index contributed by atoms with van der Waals surface area (Å²) in [6.07, 6.45) is 2.44. The van der Waals surface area contributed by atoms with Gasteiger partial charge >= 0.3 is 5.97 Å². The minimum atomic E-state index is -3.98. The lowest BCUT2D eigenvalue weighted by atomic mass is 10.2. The van der Waals surface area contributed by atoms with Crippen LogP contribution in [0.15, 0.2) is 29.3 Å². The molecule has 2 rings (SSSR count). The summed E-state index contributed by atoms with van der Waals surface area (Å²) in [6.45, 7) is 0.432. The monoisotopic (exact) mass is 333 g/mol. The van der Waals surface area contributed by atoms with Gasteiger partial charge in [-0.2, -0.15) is 0 Å². The second kappa shape index (κ2) is 6.03. The Morgan fingerprint density at radius 2 is 2.05 bits per heavy atom. The van der Waals surface area contributed by atoms with Crippen molar-refractivity contribution in [2.24, 2.45) is 0 Å². The molecule has 1 aromatic heterocycles. The number of aliphatic carboxylic acids is 1. The van der Waals surface area contributed by atoms with Gasteiger partial charge in [0.25, 0.3) is 9.05 Å². The second-order valence-electron chi connectivity index (χ2n) is 4.64. The number of carbonyl (C=O) groups is 1. The standard InChI is InChI=1S/C13H13ClFNO4S/c14-21(19,20)12-8-16(6-2-1-3-13(17)18)11-5-4-9(15)7-10(11)12/h4-5,7-8H,1-3,6H2,(H,17,18). The number of carboxylic acid groups (broad SMARTS) is 1. The van der Waals surface area contributed by atoms with Gasteiger partial charge in [-0.1, -0.05) is 0 Å². The Balaban J connectivity index is 2.34. The maximum atomic E-state index is 13.3. The fourth-order valence-electron chi connectivity index (χ4n) is 2.17. The van der Waals surface area contributed by atoms with Crippen LogP contribution in [0.1, 0.15) is 19.3 Å². The van der Waals surface area contributed by atoms with Crippen molar-refractivity contribution >= 4 is 36.6 Å². The highest BCUT2D eigenvalue weighted by atomic mass is 35.7. The molecule has 0 amide bonds. The fraction of sp³-hybridized carbons (Fsp3) is 0.308. The van der Waals surface area contributed by atoms with Gasteiger partial charge in [0.15, 0.2) is 0 Å². The van der Waals surface area contributed by atoms with Crippen molar-refractivity contribution in [3.05, 3.63) is 30.2 Å². The van der Waals surface area contributed by atoms with Gasteiger partial charge in [-0.15, -0.1) is 0 Å². The molecule has 0 radical (unpaired) electrons. The first-order valence-corrected chi connectivity index (χ1v) is 8.55. The first kappa shape index (κ1) is 15.8. The van der Waals surface area contributed by atoms with Gasteiger partial charge in [-0.05, 0) is 31.0 Å². The van der Waals surface area contributed by atoms with Crippen LogP contribution in [0.25, 0.3) is 10.9 Å². The summed E-state index contributed by atoms with van der Waals surface area (Å²) in [5.74, 6) is -1.42. The minimum absolute atomic E-state index is 0.0501. The quantitative estimate of drug-likeness (QED) is 0.651. The lowest BCUT2D eigenvalue weighted by Crippen LogP contribution is -1.99. The SMILES string of the molecule is O=C(O)CCCCn1cc(S(=O)(=O)Cl)c2cc(F)ccc21. The Kier molecular flexibility index (Phi) is 4.53. The van der Waals surface area contributed by atoms with E-state index in [1.807, 2.05) is 0 Å². The van der Waals surface area contributed by atoms with Crippen molar-refractivity contribution in [2.45, 2.75) is 30.7 Å². The number of hydrogen-bond donors (Lipinski definition) is 1. The van der Waals surface area contributed by atoms with E-state index in [0.29, 0.717) is 24.9 Å². The average molecular weight is 334 g/mol. The molecule has 0 saturated heterocycles. The maximum absolute atomic E-state index is 13.3. The summed E-state index contributed by atoms with van der Waals surface area (Å²) in [5, 5.41) is 8.80. The van der Waals surface area contributed by atoms with E-state index in [9.17, 15) is 17.6 Å². The van der Waals surface area contributed by atoms with Crippen molar-refractivity contribution in [1.29, 1.82) is 0 Å². The zero-order valence-corrected chi connectivity index (χ0v) is 12.5. The van der Waals surface area contributed by atoms with Gasteiger partial charge < -0.3 is 9.67 Å². The number of unbranched alkanes of at least 4 members (excludes halogenated alkanes) is 1. The molecule has 0 atom stereocenters. The summed E-state index contributed by atoms with van der Waals surface area (Å²) in [6, 6.07) is 3.84. The summed E-state index contributed by atoms with van der Waals surface area (Å²) >= 11 is 0. The van der Waals surface area contributed by atoms with Gasteiger partial charge in [0.1, 0.15) is 10.7 Å². The van der Waals surface area contributed by atoms with Crippen LogP contribution >= 0.6 is 10.7 Å². The van der Waals surface area contributed by atoms with Crippen molar-refractivity contribution in [3.63, 3.8) is 0 Å². The predicted octanol–water partition coefficient (Wildman–Crippen LogP) is 2.96. The van der Waals surface area contributed by atoms with E-state index >= 15 is 0 Å². The Hall–Kier alpha value is -1.60. The van der Waals surface area contributed by atoms with Crippen LogP contribution in [0.2, 0.25) is 0 Å². The summed E-state index contributed by atoms with van der Waals surface area (Å²) < 4.78 is 38.0. The lowest BCUT2D eigenvalue weighted by Gasteiger charge is -2.04. The third-order valence-corrected chi connectivity index (χ3v) is 4.46. The Labute approximate surface area is 125 Å². The molecule has 1 heterocycles. The highest BCUT2D eigenvalue weighted by Crippen LogP contribution is 2.29. The van der Waals surface area contributed by atoms with E-state index < -0.39 is 20.8 Å². The van der Waals surface area contributed by atoms with E-state index in [-0.39, 0.29) is 16.7 Å². The number of halogens is 2. The van der Waals surface area contributed by atoms with E-state index in [4.69, 9.17) is 15.8 Å². The largest absolute Gasteiger partial charge is 0.481 e. The maximum Gasteiger partial charge on any atom is 0.303 e. The molecule has 1 N–H and O–H groups in total. The van der Waals surface area contributed by atoms with Crippen molar-refractivity contribution in [3.8, 4) is 0 Å². The van der Waals surface area contributed by atoms with Gasteiger partial charge in [0.2, 0.25) is 0 Å². The molecule has 114 valence electrons. The van der Waals surface area contributed by atoms with Crippen molar-refractivity contribution < 1.29 is 22.7 Å². The summed E-state index contributed by atoms with van der Waals surface area (Å²) in [7, 11) is 1.39. The second-order valence-corrected chi connectivity index (χ2v) is 7.17. The molecule has 5 nitrogen and oxygen atoms in total. The normalized spacial score (nSPS) is 11.9. The van der Waals surface area contributed by atoms with Crippen LogP contribution in [-0.2, 0) is 20.4 Å². The molecule has 0 saturated carbocycles. The predicted molar refractivity (Wildman–Crippen MR) is 76.4 cm³/mol. The molecule has 21 heavy (non-hydrogen) atoms. The third-order valence-electron chi connectivity index (χ3n) is 3.11. The topological polar surface area (TPSA) is 76.4 Å². The van der Waals surface area contributed by atoms with Gasteiger partial charge in [-0.25, -0.2) is 12.8 Å². The van der Waals surface area contributed by atoms with E-state index in [1.54, 1.807) is 4.57 Å². The number of benzene rings is 1. The molecule has 2 aromatic rings. The minimum Gasteiger partial charge on any atom is -0.481 e. The zero-order chi connectivity index (χ0) is 15.6. The van der Waals surface area contributed by atoms with Crippen LogP contribution in [0, 0.1) is 5.82 Å². The van der Waals surface area contributed by atoms with Gasteiger partial charge in [-0.3, -0.25) is 4.79 Å². The molecule has 1 aromatic carbocycles. The molecular formula is C13H13ClFNO4S. The Morgan fingerprint density at radius 3 is 2.67 bits per heavy atom. The molecule has 0 aliphatic carbocycles. The van der Waals surface area contributed by atoms with E-state index in [1.165, 1.54) is 18.3 Å². The molecule has 0 unspecified atom stereocenters. The van der Waals surface area contributed by atoms with E-state index in [2.05, 4.69) is 0 Å². The van der Waals surface area contributed by atoms with Crippen molar-refractivity contribution in [2.75, 3.05) is 0 Å². The Morgan fingerprint density at radius 1 is 1.33 bits per heavy atom. The molecule has 0 spiro atoms. The fourth-order valence-corrected chi connectivity index (χ4v) is 3.22. The van der Waals surface area contributed by atoms with E-state index in [0.717, 1.165) is 6.07 Å². The van der Waals surface area contributed by atoms with Crippen LogP contribution < -0.4 is 0 Å². The molecule has 8 heteroatoms. The number of fused-ring (bicyclic) bond motifs is 1. The highest BCUT2D eigenvalue weighted by molar-refractivity contribution is 8.14. The smallest absolute Gasteiger partial charge is 0.303 e.